The maximum Gasteiger partial charge on any atom is 0.270 e. The van der Waals surface area contributed by atoms with Crippen molar-refractivity contribution in [1.29, 1.82) is 0 Å². The molecular formula is C12H10N6O3. The number of hydrogen-bond acceptors (Lipinski definition) is 6. The molecule has 0 aliphatic heterocycles. The highest BCUT2D eigenvalue weighted by atomic mass is 16.6. The summed E-state index contributed by atoms with van der Waals surface area (Å²) in [7, 11) is 0. The highest BCUT2D eigenvalue weighted by Crippen LogP contribution is 2.16. The molecule has 2 heterocycles. The largest absolute Gasteiger partial charge is 0.297 e. The molecule has 0 unspecified atom stereocenters. The van der Waals surface area contributed by atoms with Crippen molar-refractivity contribution < 1.29 is 4.92 Å². The lowest BCUT2D eigenvalue weighted by atomic mass is 10.2. The monoisotopic (exact) mass is 286 g/mol. The summed E-state index contributed by atoms with van der Waals surface area (Å²) in [5.74, 6) is 0. The van der Waals surface area contributed by atoms with Crippen LogP contribution in [0, 0.1) is 10.1 Å². The van der Waals surface area contributed by atoms with Crippen molar-refractivity contribution in [3.05, 3.63) is 57.6 Å². The number of aromatic nitrogens is 5. The minimum atomic E-state index is -0.536. The molecule has 0 saturated heterocycles. The van der Waals surface area contributed by atoms with Crippen LogP contribution in [-0.2, 0) is 13.1 Å². The van der Waals surface area contributed by atoms with Crippen molar-refractivity contribution in [3.63, 3.8) is 0 Å². The quantitative estimate of drug-likeness (QED) is 0.513. The van der Waals surface area contributed by atoms with E-state index in [1.807, 2.05) is 0 Å². The summed E-state index contributed by atoms with van der Waals surface area (Å²) in [6.45, 7) is 0.815. The lowest BCUT2D eigenvalue weighted by Crippen LogP contribution is -2.23. The SMILES string of the molecule is O=c1c2cc([N+](=O)[O-])ccc2ncn1CCn1cncn1. The second-order valence-corrected chi connectivity index (χ2v) is 4.36. The predicted molar refractivity (Wildman–Crippen MR) is 72.7 cm³/mol. The van der Waals surface area contributed by atoms with Crippen LogP contribution in [0.2, 0.25) is 0 Å². The number of nitrogens with zero attached hydrogens (tertiary/aromatic N) is 6. The number of benzene rings is 1. The summed E-state index contributed by atoms with van der Waals surface area (Å²) < 4.78 is 2.98. The third-order valence-electron chi connectivity index (χ3n) is 3.06. The Labute approximate surface area is 117 Å². The molecule has 2 aromatic heterocycles. The summed E-state index contributed by atoms with van der Waals surface area (Å²) in [6, 6.07) is 4.04. The molecule has 21 heavy (non-hydrogen) atoms. The average molecular weight is 286 g/mol. The van der Waals surface area contributed by atoms with E-state index in [1.54, 1.807) is 11.0 Å². The molecule has 0 fully saturated rings. The normalized spacial score (nSPS) is 10.9. The molecule has 9 heteroatoms. The predicted octanol–water partition coefficient (Wildman–Crippen LogP) is 0.596. The highest BCUT2D eigenvalue weighted by molar-refractivity contribution is 5.79. The van der Waals surface area contributed by atoms with Crippen molar-refractivity contribution in [1.82, 2.24) is 24.3 Å². The van der Waals surface area contributed by atoms with Gasteiger partial charge in [-0.05, 0) is 6.07 Å². The maximum absolute atomic E-state index is 12.3. The van der Waals surface area contributed by atoms with Crippen LogP contribution in [0.3, 0.4) is 0 Å². The summed E-state index contributed by atoms with van der Waals surface area (Å²) in [6.07, 6.45) is 4.38. The zero-order valence-electron chi connectivity index (χ0n) is 10.8. The number of nitro groups is 1. The number of non-ortho nitro benzene ring substituents is 1. The summed E-state index contributed by atoms with van der Waals surface area (Å²) in [5, 5.41) is 14.9. The van der Waals surface area contributed by atoms with E-state index in [-0.39, 0.29) is 16.6 Å². The van der Waals surface area contributed by atoms with Gasteiger partial charge in [-0.2, -0.15) is 5.10 Å². The smallest absolute Gasteiger partial charge is 0.270 e. The molecule has 0 spiro atoms. The molecule has 1 aromatic carbocycles. The Bertz CT molecular complexity index is 855. The fraction of sp³-hybridized carbons (Fsp3) is 0.167. The van der Waals surface area contributed by atoms with E-state index < -0.39 is 4.92 Å². The van der Waals surface area contributed by atoms with E-state index in [0.29, 0.717) is 18.6 Å². The molecule has 0 aliphatic carbocycles. The number of nitro benzene ring substituents is 1. The molecule has 0 radical (unpaired) electrons. The Balaban J connectivity index is 1.98. The number of fused-ring (bicyclic) bond motifs is 1. The Morgan fingerprint density at radius 1 is 1.24 bits per heavy atom. The van der Waals surface area contributed by atoms with E-state index in [4.69, 9.17) is 0 Å². The molecule has 0 saturated carbocycles. The summed E-state index contributed by atoms with van der Waals surface area (Å²) in [4.78, 5) is 30.5. The van der Waals surface area contributed by atoms with E-state index in [2.05, 4.69) is 15.1 Å². The Morgan fingerprint density at radius 3 is 2.81 bits per heavy atom. The van der Waals surface area contributed by atoms with Gasteiger partial charge in [-0.3, -0.25) is 24.2 Å². The van der Waals surface area contributed by atoms with Gasteiger partial charge in [0, 0.05) is 18.7 Å². The molecule has 0 aliphatic rings. The highest BCUT2D eigenvalue weighted by Gasteiger charge is 2.10. The van der Waals surface area contributed by atoms with Crippen molar-refractivity contribution in [2.24, 2.45) is 0 Å². The number of aryl methyl sites for hydroxylation is 2. The van der Waals surface area contributed by atoms with Crippen LogP contribution in [0.15, 0.2) is 42.0 Å². The van der Waals surface area contributed by atoms with E-state index >= 15 is 0 Å². The van der Waals surface area contributed by atoms with Gasteiger partial charge in [0.15, 0.2) is 0 Å². The molecule has 106 valence electrons. The Morgan fingerprint density at radius 2 is 2.10 bits per heavy atom. The first-order chi connectivity index (χ1) is 10.1. The van der Waals surface area contributed by atoms with Crippen LogP contribution in [0.5, 0.6) is 0 Å². The first-order valence-corrected chi connectivity index (χ1v) is 6.11. The first kappa shape index (κ1) is 12.9. The van der Waals surface area contributed by atoms with E-state index in [1.165, 1.54) is 35.4 Å². The van der Waals surface area contributed by atoms with Crippen molar-refractivity contribution >= 4 is 16.6 Å². The third-order valence-corrected chi connectivity index (χ3v) is 3.06. The molecule has 0 bridgehead atoms. The van der Waals surface area contributed by atoms with Crippen molar-refractivity contribution in [2.45, 2.75) is 13.1 Å². The van der Waals surface area contributed by atoms with Gasteiger partial charge in [0.2, 0.25) is 0 Å². The Kier molecular flexibility index (Phi) is 3.14. The van der Waals surface area contributed by atoms with Gasteiger partial charge in [0.25, 0.3) is 11.2 Å². The lowest BCUT2D eigenvalue weighted by Gasteiger charge is -2.06. The molecule has 3 rings (SSSR count). The molecule has 0 atom stereocenters. The summed E-state index contributed by atoms with van der Waals surface area (Å²) in [5.41, 5.74) is -0.0122. The second-order valence-electron chi connectivity index (χ2n) is 4.36. The number of rotatable bonds is 4. The Hall–Kier alpha value is -3.10. The van der Waals surface area contributed by atoms with Gasteiger partial charge in [0.05, 0.1) is 28.7 Å². The zero-order chi connectivity index (χ0) is 14.8. The minimum absolute atomic E-state index is 0.129. The van der Waals surface area contributed by atoms with Crippen molar-refractivity contribution in [2.75, 3.05) is 0 Å². The van der Waals surface area contributed by atoms with Gasteiger partial charge in [-0.25, -0.2) is 9.97 Å². The fourth-order valence-corrected chi connectivity index (χ4v) is 1.98. The standard InChI is InChI=1S/C12H10N6O3/c19-12-10-5-9(18(20)21)1-2-11(10)14-8-16(12)3-4-17-7-13-6-15-17/h1-2,5-8H,3-4H2. The van der Waals surface area contributed by atoms with Gasteiger partial charge < -0.3 is 0 Å². The zero-order valence-corrected chi connectivity index (χ0v) is 10.8. The summed E-state index contributed by atoms with van der Waals surface area (Å²) >= 11 is 0. The van der Waals surface area contributed by atoms with Gasteiger partial charge >= 0.3 is 0 Å². The molecule has 0 amide bonds. The van der Waals surface area contributed by atoms with Crippen LogP contribution in [0.4, 0.5) is 5.69 Å². The molecule has 3 aromatic rings. The average Bonchev–Trinajstić information content (AvgIpc) is 2.99. The molecule has 0 N–H and O–H groups in total. The van der Waals surface area contributed by atoms with Gasteiger partial charge in [-0.15, -0.1) is 0 Å². The van der Waals surface area contributed by atoms with Gasteiger partial charge in [0.1, 0.15) is 12.7 Å². The van der Waals surface area contributed by atoms with E-state index in [0.717, 1.165) is 0 Å². The fourth-order valence-electron chi connectivity index (χ4n) is 1.98. The molecular weight excluding hydrogens is 276 g/mol. The van der Waals surface area contributed by atoms with Crippen molar-refractivity contribution in [3.8, 4) is 0 Å². The van der Waals surface area contributed by atoms with Crippen LogP contribution >= 0.6 is 0 Å². The first-order valence-electron chi connectivity index (χ1n) is 6.11. The number of hydrogen-bond donors (Lipinski definition) is 0. The topological polar surface area (TPSA) is 109 Å². The maximum atomic E-state index is 12.3. The van der Waals surface area contributed by atoms with E-state index in [9.17, 15) is 14.9 Å². The van der Waals surface area contributed by atoms with Crippen LogP contribution < -0.4 is 5.56 Å². The third kappa shape index (κ3) is 2.48. The van der Waals surface area contributed by atoms with Crippen LogP contribution in [0.25, 0.3) is 10.9 Å². The lowest BCUT2D eigenvalue weighted by molar-refractivity contribution is -0.384. The minimum Gasteiger partial charge on any atom is -0.297 e. The second kappa shape index (κ2) is 5.12. The van der Waals surface area contributed by atoms with Gasteiger partial charge in [-0.1, -0.05) is 0 Å². The van der Waals surface area contributed by atoms with Crippen LogP contribution in [0.1, 0.15) is 0 Å². The molecule has 9 nitrogen and oxygen atoms in total. The van der Waals surface area contributed by atoms with Crippen LogP contribution in [-0.4, -0.2) is 29.2 Å².